The molecule has 45 heavy (non-hydrogen) atoms. The van der Waals surface area contributed by atoms with Crippen LogP contribution < -0.4 is 15.0 Å². The zero-order valence-electron chi connectivity index (χ0n) is 27.6. The maximum Gasteiger partial charge on any atom is 0.138 e. The molecule has 2 unspecified atom stereocenters. The molecule has 0 aliphatic carbocycles. The van der Waals surface area contributed by atoms with E-state index in [1.54, 1.807) is 0 Å². The van der Waals surface area contributed by atoms with E-state index in [1.807, 2.05) is 30.2 Å². The van der Waals surface area contributed by atoms with Crippen molar-refractivity contribution in [2.75, 3.05) is 77.6 Å². The Morgan fingerprint density at radius 3 is 2.56 bits per heavy atom. The predicted molar refractivity (Wildman–Crippen MR) is 177 cm³/mol. The SMILES string of the molecule is CNCc1cnn2cc(OCCCN3CC4(CCOCC4)C3)cc(-c3ccc(N4CC5CC(C4)N5CCOC(C)(C)C)nc3)c12. The summed E-state index contributed by atoms with van der Waals surface area (Å²) in [7, 11) is 1.97. The molecule has 244 valence electrons. The molecular formula is C35H51N7O3. The van der Waals surface area contributed by atoms with Crippen molar-refractivity contribution in [3.63, 3.8) is 0 Å². The summed E-state index contributed by atoms with van der Waals surface area (Å²) in [5, 5.41) is 7.99. The number of piperidine rings is 1. The molecule has 0 saturated carbocycles. The van der Waals surface area contributed by atoms with Crippen LogP contribution in [-0.2, 0) is 16.0 Å². The van der Waals surface area contributed by atoms with Gasteiger partial charge in [0.1, 0.15) is 11.6 Å². The summed E-state index contributed by atoms with van der Waals surface area (Å²) >= 11 is 0. The molecule has 10 heteroatoms. The second-order valence-corrected chi connectivity index (χ2v) is 14.7. The van der Waals surface area contributed by atoms with Gasteiger partial charge in [-0.05, 0) is 71.7 Å². The standard InChI is InChI=1S/C35H51N7O3/c1-34(2,3)45-15-11-41-28-16-29(41)22-40(21-28)32-7-6-26(19-37-32)31-17-30(23-42-33(31)27(18-36-4)20-38-42)44-12-5-10-39-24-35(25-39)8-13-43-14-9-35/h6-7,17,19-20,23,28-29,36H,5,8-16,18,21-22,24-25H2,1-4H3. The highest BCUT2D eigenvalue weighted by Gasteiger charge is 2.45. The molecule has 5 aliphatic heterocycles. The van der Waals surface area contributed by atoms with Crippen molar-refractivity contribution in [2.24, 2.45) is 5.41 Å². The summed E-state index contributed by atoms with van der Waals surface area (Å²) < 4.78 is 19.9. The lowest BCUT2D eigenvalue weighted by Crippen LogP contribution is -2.69. The van der Waals surface area contributed by atoms with Gasteiger partial charge in [0.25, 0.3) is 0 Å². The number of rotatable bonds is 12. The van der Waals surface area contributed by atoms with Crippen molar-refractivity contribution >= 4 is 11.3 Å². The van der Waals surface area contributed by atoms with Crippen LogP contribution in [0.4, 0.5) is 5.82 Å². The zero-order chi connectivity index (χ0) is 31.0. The van der Waals surface area contributed by atoms with E-state index in [4.69, 9.17) is 24.3 Å². The summed E-state index contributed by atoms with van der Waals surface area (Å²) in [6.07, 6.45) is 10.7. The number of nitrogens with one attached hydrogen (secondary N) is 1. The van der Waals surface area contributed by atoms with Gasteiger partial charge in [-0.15, -0.1) is 0 Å². The Kier molecular flexibility index (Phi) is 8.78. The normalized spacial score (nSPS) is 23.3. The largest absolute Gasteiger partial charge is 0.492 e. The van der Waals surface area contributed by atoms with Crippen LogP contribution in [0.5, 0.6) is 5.75 Å². The first kappa shape index (κ1) is 30.9. The fraction of sp³-hybridized carbons (Fsp3) is 0.657. The molecule has 0 radical (unpaired) electrons. The molecule has 2 atom stereocenters. The molecule has 2 bridgehead atoms. The topological polar surface area (TPSA) is 79.6 Å². The Morgan fingerprint density at radius 1 is 1.04 bits per heavy atom. The molecule has 5 aliphatic rings. The Labute approximate surface area is 268 Å². The fourth-order valence-electron chi connectivity index (χ4n) is 7.87. The average Bonchev–Trinajstić information content (AvgIpc) is 3.43. The Hall–Kier alpha value is -2.76. The van der Waals surface area contributed by atoms with Crippen molar-refractivity contribution in [1.29, 1.82) is 0 Å². The van der Waals surface area contributed by atoms with Crippen LogP contribution >= 0.6 is 0 Å². The predicted octanol–water partition coefficient (Wildman–Crippen LogP) is 4.08. The number of ether oxygens (including phenoxy) is 3. The molecule has 5 saturated heterocycles. The van der Waals surface area contributed by atoms with E-state index in [0.717, 1.165) is 92.7 Å². The number of hydrogen-bond donors (Lipinski definition) is 1. The van der Waals surface area contributed by atoms with E-state index in [1.165, 1.54) is 32.4 Å². The van der Waals surface area contributed by atoms with Gasteiger partial charge in [0.05, 0.1) is 36.7 Å². The van der Waals surface area contributed by atoms with Crippen LogP contribution in [0.2, 0.25) is 0 Å². The quantitative estimate of drug-likeness (QED) is 0.303. The first-order valence-corrected chi connectivity index (χ1v) is 17.0. The van der Waals surface area contributed by atoms with Crippen LogP contribution in [0, 0.1) is 5.41 Å². The minimum absolute atomic E-state index is 0.0808. The van der Waals surface area contributed by atoms with Gasteiger partial charge >= 0.3 is 0 Å². The molecule has 3 aromatic heterocycles. The highest BCUT2D eigenvalue weighted by atomic mass is 16.5. The Morgan fingerprint density at radius 2 is 1.84 bits per heavy atom. The van der Waals surface area contributed by atoms with E-state index in [0.29, 0.717) is 24.1 Å². The summed E-state index contributed by atoms with van der Waals surface area (Å²) in [6.45, 7) is 17.0. The lowest BCUT2D eigenvalue weighted by atomic mass is 9.73. The van der Waals surface area contributed by atoms with E-state index in [9.17, 15) is 0 Å². The van der Waals surface area contributed by atoms with Crippen LogP contribution in [0.3, 0.4) is 0 Å². The smallest absolute Gasteiger partial charge is 0.138 e. The van der Waals surface area contributed by atoms with Gasteiger partial charge in [-0.1, -0.05) is 0 Å². The second-order valence-electron chi connectivity index (χ2n) is 14.7. The van der Waals surface area contributed by atoms with Gasteiger partial charge in [0.15, 0.2) is 0 Å². The Balaban J connectivity index is 0.989. The van der Waals surface area contributed by atoms with Gasteiger partial charge in [-0.25, -0.2) is 9.50 Å². The summed E-state index contributed by atoms with van der Waals surface area (Å²) in [4.78, 5) is 12.6. The number of nitrogens with zero attached hydrogens (tertiary/aromatic N) is 6. The molecule has 0 amide bonds. The third-order valence-corrected chi connectivity index (χ3v) is 10.2. The number of pyridine rings is 2. The number of anilines is 1. The van der Waals surface area contributed by atoms with Crippen LogP contribution in [0.1, 0.15) is 52.0 Å². The van der Waals surface area contributed by atoms with Crippen molar-refractivity contribution in [3.8, 4) is 16.9 Å². The minimum Gasteiger partial charge on any atom is -0.492 e. The number of piperazine rings is 1. The monoisotopic (exact) mass is 617 g/mol. The first-order chi connectivity index (χ1) is 21.8. The van der Waals surface area contributed by atoms with E-state index in [-0.39, 0.29) is 5.60 Å². The Bertz CT molecular complexity index is 1430. The molecule has 10 nitrogen and oxygen atoms in total. The first-order valence-electron chi connectivity index (χ1n) is 17.0. The third kappa shape index (κ3) is 6.72. The molecule has 3 aromatic rings. The lowest BCUT2D eigenvalue weighted by Gasteiger charge is -2.56. The second kappa shape index (κ2) is 12.8. The summed E-state index contributed by atoms with van der Waals surface area (Å²) in [5.74, 6) is 1.90. The molecular weight excluding hydrogens is 566 g/mol. The van der Waals surface area contributed by atoms with E-state index < -0.39 is 0 Å². The highest BCUT2D eigenvalue weighted by Crippen LogP contribution is 2.40. The number of likely N-dealkylation sites (tertiary alicyclic amines) is 1. The molecule has 0 aromatic carbocycles. The van der Waals surface area contributed by atoms with Gasteiger partial charge in [0, 0.05) is 99.4 Å². The van der Waals surface area contributed by atoms with Gasteiger partial charge < -0.3 is 29.3 Å². The van der Waals surface area contributed by atoms with Gasteiger partial charge in [-0.2, -0.15) is 5.10 Å². The third-order valence-electron chi connectivity index (χ3n) is 10.2. The molecule has 1 N–H and O–H groups in total. The van der Waals surface area contributed by atoms with Crippen molar-refractivity contribution in [2.45, 2.75) is 70.7 Å². The van der Waals surface area contributed by atoms with Gasteiger partial charge in [-0.3, -0.25) is 4.90 Å². The van der Waals surface area contributed by atoms with Crippen LogP contribution in [0.25, 0.3) is 16.6 Å². The van der Waals surface area contributed by atoms with E-state index in [2.05, 4.69) is 59.0 Å². The average molecular weight is 618 g/mol. The van der Waals surface area contributed by atoms with Crippen molar-refractivity contribution in [1.82, 2.24) is 29.7 Å². The maximum atomic E-state index is 6.33. The number of fused-ring (bicyclic) bond motifs is 3. The fourth-order valence-corrected chi connectivity index (χ4v) is 7.87. The van der Waals surface area contributed by atoms with Gasteiger partial charge in [0.2, 0.25) is 0 Å². The highest BCUT2D eigenvalue weighted by molar-refractivity contribution is 5.83. The molecule has 1 spiro atoms. The lowest BCUT2D eigenvalue weighted by molar-refractivity contribution is -0.0811. The number of aromatic nitrogens is 3. The van der Waals surface area contributed by atoms with E-state index >= 15 is 0 Å². The van der Waals surface area contributed by atoms with Crippen LogP contribution in [0.15, 0.2) is 36.8 Å². The number of hydrogen-bond acceptors (Lipinski definition) is 9. The zero-order valence-corrected chi connectivity index (χ0v) is 27.6. The molecule has 5 fully saturated rings. The summed E-state index contributed by atoms with van der Waals surface area (Å²) in [6, 6.07) is 7.73. The van der Waals surface area contributed by atoms with Crippen LogP contribution in [-0.4, -0.2) is 115 Å². The van der Waals surface area contributed by atoms with Crippen molar-refractivity contribution in [3.05, 3.63) is 42.4 Å². The molecule has 8 heterocycles. The van der Waals surface area contributed by atoms with Crippen molar-refractivity contribution < 1.29 is 14.2 Å². The summed E-state index contributed by atoms with van der Waals surface area (Å²) in [5.41, 5.74) is 4.88. The minimum atomic E-state index is -0.0808. The molecule has 8 rings (SSSR count). The maximum absolute atomic E-state index is 6.33.